The Morgan fingerprint density at radius 2 is 1.80 bits per heavy atom. The van der Waals surface area contributed by atoms with Crippen LogP contribution in [0.15, 0.2) is 59.6 Å². The molecule has 2 aromatic rings. The second-order valence-electron chi connectivity index (χ2n) is 6.24. The zero-order chi connectivity index (χ0) is 17.4. The average molecular weight is 393 g/mol. The van der Waals surface area contributed by atoms with Gasteiger partial charge in [0.2, 0.25) is 0 Å². The summed E-state index contributed by atoms with van der Waals surface area (Å²) in [5, 5.41) is 1.61. The van der Waals surface area contributed by atoms with E-state index in [1.165, 1.54) is 0 Å². The van der Waals surface area contributed by atoms with Gasteiger partial charge < -0.3 is 4.90 Å². The molecule has 0 spiro atoms. The van der Waals surface area contributed by atoms with Crippen molar-refractivity contribution in [3.8, 4) is 0 Å². The Kier molecular flexibility index (Phi) is 4.52. The van der Waals surface area contributed by atoms with Crippen molar-refractivity contribution < 1.29 is 8.42 Å². The number of fused-ring (bicyclic) bond motifs is 1. The van der Waals surface area contributed by atoms with Crippen LogP contribution >= 0.6 is 23.4 Å². The number of amidine groups is 1. The molecule has 0 aliphatic carbocycles. The number of para-hydroxylation sites is 1. The Hall–Kier alpha value is -1.50. The highest BCUT2D eigenvalue weighted by Gasteiger charge is 2.47. The molecule has 2 aliphatic heterocycles. The Balaban J connectivity index is 1.59. The number of aliphatic imine (C=N–C) groups is 1. The van der Waals surface area contributed by atoms with Gasteiger partial charge in [-0.3, -0.25) is 4.99 Å². The van der Waals surface area contributed by atoms with Crippen LogP contribution in [0.25, 0.3) is 0 Å². The van der Waals surface area contributed by atoms with Crippen LogP contribution in [0.5, 0.6) is 0 Å². The summed E-state index contributed by atoms with van der Waals surface area (Å²) in [5.41, 5.74) is 2.16. The second kappa shape index (κ2) is 6.67. The SMILES string of the molecule is O=S1(=O)CC2N=C(SCc3ccc(Cl)cc3)N(c3ccccc3)C2C1. The van der Waals surface area contributed by atoms with Gasteiger partial charge in [-0.2, -0.15) is 0 Å². The van der Waals surface area contributed by atoms with Crippen LogP contribution in [0.2, 0.25) is 5.02 Å². The topological polar surface area (TPSA) is 49.7 Å². The molecule has 0 N–H and O–H groups in total. The van der Waals surface area contributed by atoms with Crippen molar-refractivity contribution in [3.63, 3.8) is 0 Å². The average Bonchev–Trinajstić information content (AvgIpc) is 3.06. The maximum absolute atomic E-state index is 12.0. The predicted molar refractivity (Wildman–Crippen MR) is 105 cm³/mol. The zero-order valence-corrected chi connectivity index (χ0v) is 15.8. The summed E-state index contributed by atoms with van der Waals surface area (Å²) in [5.74, 6) is 1.08. The maximum Gasteiger partial charge on any atom is 0.164 e. The van der Waals surface area contributed by atoms with E-state index in [-0.39, 0.29) is 23.6 Å². The van der Waals surface area contributed by atoms with Crippen LogP contribution in [0.3, 0.4) is 0 Å². The Labute approximate surface area is 156 Å². The molecule has 2 atom stereocenters. The summed E-state index contributed by atoms with van der Waals surface area (Å²) < 4.78 is 24.0. The quantitative estimate of drug-likeness (QED) is 0.800. The van der Waals surface area contributed by atoms with Crippen LogP contribution in [0, 0.1) is 0 Å². The Morgan fingerprint density at radius 1 is 1.08 bits per heavy atom. The Morgan fingerprint density at radius 3 is 2.52 bits per heavy atom. The van der Waals surface area contributed by atoms with Gasteiger partial charge in [0.1, 0.15) is 0 Å². The van der Waals surface area contributed by atoms with E-state index in [2.05, 4.69) is 4.90 Å². The molecule has 4 nitrogen and oxygen atoms in total. The first-order chi connectivity index (χ1) is 12.0. The number of halogens is 1. The molecule has 7 heteroatoms. The lowest BCUT2D eigenvalue weighted by atomic mass is 10.1. The second-order valence-corrected chi connectivity index (χ2v) is 9.78. The first-order valence-electron chi connectivity index (χ1n) is 8.02. The maximum atomic E-state index is 12.0. The van der Waals surface area contributed by atoms with E-state index in [0.717, 1.165) is 27.2 Å². The van der Waals surface area contributed by atoms with Gasteiger partial charge in [-0.15, -0.1) is 0 Å². The summed E-state index contributed by atoms with van der Waals surface area (Å²) in [6.45, 7) is 0. The van der Waals surface area contributed by atoms with E-state index < -0.39 is 9.84 Å². The van der Waals surface area contributed by atoms with Crippen molar-refractivity contribution in [3.05, 3.63) is 65.2 Å². The smallest absolute Gasteiger partial charge is 0.164 e. The largest absolute Gasteiger partial charge is 0.315 e. The van der Waals surface area contributed by atoms with Gasteiger partial charge in [-0.25, -0.2) is 8.42 Å². The minimum Gasteiger partial charge on any atom is -0.315 e. The van der Waals surface area contributed by atoms with E-state index in [0.29, 0.717) is 0 Å². The number of sulfone groups is 1. The molecule has 2 heterocycles. The van der Waals surface area contributed by atoms with Gasteiger partial charge in [-0.05, 0) is 29.8 Å². The number of anilines is 1. The molecule has 1 saturated heterocycles. The molecule has 2 aromatic carbocycles. The number of hydrogen-bond acceptors (Lipinski definition) is 5. The number of hydrogen-bond donors (Lipinski definition) is 0. The molecule has 1 fully saturated rings. The monoisotopic (exact) mass is 392 g/mol. The zero-order valence-electron chi connectivity index (χ0n) is 13.4. The fraction of sp³-hybridized carbons (Fsp3) is 0.278. The molecular formula is C18H17ClN2O2S2. The number of benzene rings is 2. The molecule has 4 rings (SSSR count). The van der Waals surface area contributed by atoms with Gasteiger partial charge in [0.05, 0.1) is 23.6 Å². The van der Waals surface area contributed by atoms with Crippen LogP contribution in [0.4, 0.5) is 5.69 Å². The minimum atomic E-state index is -3.01. The molecule has 0 bridgehead atoms. The van der Waals surface area contributed by atoms with E-state index in [9.17, 15) is 8.42 Å². The van der Waals surface area contributed by atoms with E-state index in [1.807, 2.05) is 54.6 Å². The summed E-state index contributed by atoms with van der Waals surface area (Å²) in [4.78, 5) is 6.83. The van der Waals surface area contributed by atoms with Crippen molar-refractivity contribution in [1.29, 1.82) is 0 Å². The van der Waals surface area contributed by atoms with Crippen molar-refractivity contribution in [2.24, 2.45) is 4.99 Å². The van der Waals surface area contributed by atoms with E-state index >= 15 is 0 Å². The summed E-state index contributed by atoms with van der Waals surface area (Å²) in [6.07, 6.45) is 0. The third-order valence-corrected chi connectivity index (χ3v) is 7.41. The fourth-order valence-electron chi connectivity index (χ4n) is 3.25. The lowest BCUT2D eigenvalue weighted by Crippen LogP contribution is -2.39. The van der Waals surface area contributed by atoms with Crippen molar-refractivity contribution in [1.82, 2.24) is 0 Å². The van der Waals surface area contributed by atoms with Crippen LogP contribution in [-0.4, -0.2) is 37.2 Å². The number of rotatable bonds is 3. The van der Waals surface area contributed by atoms with Crippen LogP contribution in [0.1, 0.15) is 5.56 Å². The summed E-state index contributed by atoms with van der Waals surface area (Å²) in [6, 6.07) is 17.4. The number of thioether (sulfide) groups is 1. The van der Waals surface area contributed by atoms with Gasteiger partial charge >= 0.3 is 0 Å². The molecule has 0 amide bonds. The minimum absolute atomic E-state index is 0.0971. The van der Waals surface area contributed by atoms with Crippen LogP contribution in [-0.2, 0) is 15.6 Å². The van der Waals surface area contributed by atoms with E-state index in [4.69, 9.17) is 16.6 Å². The lowest BCUT2D eigenvalue weighted by molar-refractivity contribution is 0.601. The van der Waals surface area contributed by atoms with Crippen molar-refractivity contribution in [2.45, 2.75) is 17.8 Å². The molecule has 2 unspecified atom stereocenters. The highest BCUT2D eigenvalue weighted by Crippen LogP contribution is 2.35. The molecule has 0 radical (unpaired) electrons. The molecule has 2 aliphatic rings. The standard InChI is InChI=1S/C18H17ClN2O2S2/c19-14-8-6-13(7-9-14)10-24-18-20-16-11-25(22,23)12-17(16)21(18)15-4-2-1-3-5-15/h1-9,16-17H,10-12H2. The third kappa shape index (κ3) is 3.57. The molecular weight excluding hydrogens is 376 g/mol. The fourth-order valence-corrected chi connectivity index (χ4v) is 6.30. The molecule has 0 aromatic heterocycles. The summed E-state index contributed by atoms with van der Waals surface area (Å²) >= 11 is 7.58. The van der Waals surface area contributed by atoms with Crippen LogP contribution < -0.4 is 4.90 Å². The van der Waals surface area contributed by atoms with Crippen molar-refractivity contribution in [2.75, 3.05) is 16.4 Å². The first-order valence-corrected chi connectivity index (χ1v) is 11.2. The third-order valence-electron chi connectivity index (χ3n) is 4.42. The van der Waals surface area contributed by atoms with Crippen molar-refractivity contribution >= 4 is 44.1 Å². The van der Waals surface area contributed by atoms with Gasteiger partial charge in [0.15, 0.2) is 15.0 Å². The van der Waals surface area contributed by atoms with Gasteiger partial charge in [0, 0.05) is 16.5 Å². The summed E-state index contributed by atoms with van der Waals surface area (Å²) in [7, 11) is -3.01. The van der Waals surface area contributed by atoms with Gasteiger partial charge in [-0.1, -0.05) is 53.7 Å². The van der Waals surface area contributed by atoms with Gasteiger partial charge in [0.25, 0.3) is 0 Å². The van der Waals surface area contributed by atoms with E-state index in [1.54, 1.807) is 11.8 Å². The molecule has 0 saturated carbocycles. The number of nitrogens with zero attached hydrogens (tertiary/aromatic N) is 2. The first kappa shape index (κ1) is 16.9. The Bertz CT molecular complexity index is 898. The lowest BCUT2D eigenvalue weighted by Gasteiger charge is -2.26. The predicted octanol–water partition coefficient (Wildman–Crippen LogP) is 3.62. The molecule has 130 valence electrons. The highest BCUT2D eigenvalue weighted by molar-refractivity contribution is 8.13. The highest BCUT2D eigenvalue weighted by atomic mass is 35.5. The normalized spacial score (nSPS) is 24.2. The molecule has 25 heavy (non-hydrogen) atoms.